The lowest BCUT2D eigenvalue weighted by Crippen LogP contribution is -2.54. The summed E-state index contributed by atoms with van der Waals surface area (Å²) in [4.78, 5) is 32.1. The van der Waals surface area contributed by atoms with E-state index in [9.17, 15) is 9.59 Å². The Bertz CT molecular complexity index is 980. The molecule has 3 aliphatic rings. The van der Waals surface area contributed by atoms with Crippen molar-refractivity contribution in [3.05, 3.63) is 53.6 Å². The van der Waals surface area contributed by atoms with Gasteiger partial charge in [0.2, 0.25) is 5.91 Å². The highest BCUT2D eigenvalue weighted by Crippen LogP contribution is 2.41. The minimum absolute atomic E-state index is 0.0383. The van der Waals surface area contributed by atoms with E-state index in [1.165, 1.54) is 18.4 Å². The second kappa shape index (κ2) is 6.90. The fourth-order valence-corrected chi connectivity index (χ4v) is 5.27. The first-order valence-corrected chi connectivity index (χ1v) is 10.7. The molecule has 5 nitrogen and oxygen atoms in total. The molecule has 1 unspecified atom stereocenters. The normalized spacial score (nSPS) is 21.5. The van der Waals surface area contributed by atoms with E-state index in [0.29, 0.717) is 11.6 Å². The molecule has 2 heterocycles. The summed E-state index contributed by atoms with van der Waals surface area (Å²) < 4.78 is 0. The predicted molar refractivity (Wildman–Crippen MR) is 116 cm³/mol. The van der Waals surface area contributed by atoms with Crippen LogP contribution in [0, 0.1) is 0 Å². The largest absolute Gasteiger partial charge is 0.355 e. The fraction of sp³-hybridized carbons (Fsp3) is 0.417. The van der Waals surface area contributed by atoms with Crippen LogP contribution in [-0.2, 0) is 11.2 Å². The molecule has 5 heteroatoms. The molecule has 2 aliphatic heterocycles. The molecule has 0 aromatic heterocycles. The SMILES string of the molecule is CC1C(=O)N(C)c2ccc(C(=O)N3CCc4ccccc43)cc2N1C1CCCC1. The van der Waals surface area contributed by atoms with Gasteiger partial charge in [0.15, 0.2) is 0 Å². The molecule has 0 spiro atoms. The number of nitrogens with zero attached hydrogens (tertiary/aromatic N) is 3. The van der Waals surface area contributed by atoms with Gasteiger partial charge in [0.05, 0.1) is 11.4 Å². The van der Waals surface area contributed by atoms with Gasteiger partial charge in [0.25, 0.3) is 5.91 Å². The van der Waals surface area contributed by atoms with Crippen LogP contribution in [0.1, 0.15) is 48.5 Å². The van der Waals surface area contributed by atoms with Gasteiger partial charge >= 0.3 is 0 Å². The van der Waals surface area contributed by atoms with Crippen molar-refractivity contribution < 1.29 is 9.59 Å². The third kappa shape index (κ3) is 2.83. The van der Waals surface area contributed by atoms with Gasteiger partial charge in [0.1, 0.15) is 6.04 Å². The highest BCUT2D eigenvalue weighted by Gasteiger charge is 2.39. The number of carbonyl (C=O) groups is 2. The number of amides is 2. The number of para-hydroxylation sites is 1. The molecule has 0 radical (unpaired) electrons. The summed E-state index contributed by atoms with van der Waals surface area (Å²) in [6, 6.07) is 14.1. The number of anilines is 3. The molecule has 5 rings (SSSR count). The van der Waals surface area contributed by atoms with Gasteiger partial charge < -0.3 is 14.7 Å². The number of carbonyl (C=O) groups excluding carboxylic acids is 2. The highest BCUT2D eigenvalue weighted by atomic mass is 16.2. The molecule has 0 bridgehead atoms. The van der Waals surface area contributed by atoms with Gasteiger partial charge in [-0.3, -0.25) is 9.59 Å². The molecule has 2 aromatic carbocycles. The average Bonchev–Trinajstić information content (AvgIpc) is 3.41. The third-order valence-electron chi connectivity index (χ3n) is 6.82. The second-order valence-electron chi connectivity index (χ2n) is 8.46. The summed E-state index contributed by atoms with van der Waals surface area (Å²) >= 11 is 0. The van der Waals surface area contributed by atoms with E-state index in [1.807, 2.05) is 55.3 Å². The van der Waals surface area contributed by atoms with Crippen molar-refractivity contribution in [2.45, 2.75) is 51.1 Å². The summed E-state index contributed by atoms with van der Waals surface area (Å²) in [6.07, 6.45) is 5.53. The van der Waals surface area contributed by atoms with Crippen molar-refractivity contribution in [1.82, 2.24) is 0 Å². The van der Waals surface area contributed by atoms with Crippen molar-refractivity contribution in [2.24, 2.45) is 0 Å². The average molecular weight is 389 g/mol. The van der Waals surface area contributed by atoms with Crippen LogP contribution in [0.15, 0.2) is 42.5 Å². The highest BCUT2D eigenvalue weighted by molar-refractivity contribution is 6.10. The first-order valence-electron chi connectivity index (χ1n) is 10.7. The summed E-state index contributed by atoms with van der Waals surface area (Å²) in [6.45, 7) is 2.71. The number of hydrogen-bond acceptors (Lipinski definition) is 3. The maximum atomic E-state index is 13.4. The molecule has 2 aromatic rings. The Hall–Kier alpha value is -2.82. The summed E-state index contributed by atoms with van der Waals surface area (Å²) in [5.74, 6) is 0.160. The van der Waals surface area contributed by atoms with Crippen molar-refractivity contribution >= 4 is 28.9 Å². The molecular weight excluding hydrogens is 362 g/mol. The molecule has 1 saturated carbocycles. The number of likely N-dealkylation sites (N-methyl/N-ethyl adjacent to an activating group) is 1. The number of fused-ring (bicyclic) bond motifs is 2. The lowest BCUT2D eigenvalue weighted by Gasteiger charge is -2.43. The van der Waals surface area contributed by atoms with Gasteiger partial charge in [-0.2, -0.15) is 0 Å². The Labute approximate surface area is 171 Å². The Morgan fingerprint density at radius 1 is 1.00 bits per heavy atom. The lowest BCUT2D eigenvalue weighted by molar-refractivity contribution is -0.119. The van der Waals surface area contributed by atoms with Crippen LogP contribution in [0.3, 0.4) is 0 Å². The number of rotatable bonds is 2. The topological polar surface area (TPSA) is 43.9 Å². The Balaban J connectivity index is 1.54. The molecule has 1 fully saturated rings. The van der Waals surface area contributed by atoms with E-state index >= 15 is 0 Å². The first kappa shape index (κ1) is 18.2. The minimum atomic E-state index is -0.200. The first-order chi connectivity index (χ1) is 14.1. The van der Waals surface area contributed by atoms with E-state index < -0.39 is 0 Å². The second-order valence-corrected chi connectivity index (χ2v) is 8.46. The molecule has 0 saturated heterocycles. The van der Waals surface area contributed by atoms with Crippen LogP contribution in [0.5, 0.6) is 0 Å². The van der Waals surface area contributed by atoms with Crippen LogP contribution in [0.2, 0.25) is 0 Å². The van der Waals surface area contributed by atoms with Gasteiger partial charge in [0, 0.05) is 30.9 Å². The monoisotopic (exact) mass is 389 g/mol. The molecule has 1 aliphatic carbocycles. The Kier molecular flexibility index (Phi) is 4.34. The van der Waals surface area contributed by atoms with E-state index in [-0.39, 0.29) is 17.9 Å². The minimum Gasteiger partial charge on any atom is -0.355 e. The van der Waals surface area contributed by atoms with Crippen molar-refractivity contribution in [1.29, 1.82) is 0 Å². The van der Waals surface area contributed by atoms with Crippen molar-refractivity contribution in [3.8, 4) is 0 Å². The van der Waals surface area contributed by atoms with Gasteiger partial charge in [-0.05, 0) is 56.0 Å². The van der Waals surface area contributed by atoms with Crippen molar-refractivity contribution in [3.63, 3.8) is 0 Å². The zero-order valence-electron chi connectivity index (χ0n) is 17.1. The van der Waals surface area contributed by atoms with Crippen molar-refractivity contribution in [2.75, 3.05) is 28.3 Å². The molecule has 0 N–H and O–H groups in total. The van der Waals surface area contributed by atoms with Crippen LogP contribution < -0.4 is 14.7 Å². The maximum Gasteiger partial charge on any atom is 0.258 e. The fourth-order valence-electron chi connectivity index (χ4n) is 5.27. The molecule has 2 amide bonds. The predicted octanol–water partition coefficient (Wildman–Crippen LogP) is 4.00. The molecule has 1 atom stereocenters. The van der Waals surface area contributed by atoms with Gasteiger partial charge in [-0.15, -0.1) is 0 Å². The van der Waals surface area contributed by atoms with Crippen LogP contribution in [-0.4, -0.2) is 37.5 Å². The third-order valence-corrected chi connectivity index (χ3v) is 6.82. The van der Waals surface area contributed by atoms with E-state index in [1.54, 1.807) is 4.90 Å². The number of benzene rings is 2. The summed E-state index contributed by atoms with van der Waals surface area (Å²) in [5, 5.41) is 0. The molecular formula is C24H27N3O2. The van der Waals surface area contributed by atoms with Crippen LogP contribution in [0.25, 0.3) is 0 Å². The van der Waals surface area contributed by atoms with Crippen LogP contribution >= 0.6 is 0 Å². The zero-order chi connectivity index (χ0) is 20.1. The number of hydrogen-bond donors (Lipinski definition) is 0. The Morgan fingerprint density at radius 3 is 2.55 bits per heavy atom. The smallest absolute Gasteiger partial charge is 0.258 e. The van der Waals surface area contributed by atoms with E-state index in [2.05, 4.69) is 11.0 Å². The van der Waals surface area contributed by atoms with Crippen LogP contribution in [0.4, 0.5) is 17.1 Å². The quantitative estimate of drug-likeness (QED) is 0.780. The van der Waals surface area contributed by atoms with Gasteiger partial charge in [-0.1, -0.05) is 31.0 Å². The molecule has 29 heavy (non-hydrogen) atoms. The maximum absolute atomic E-state index is 13.4. The standard InChI is InChI=1S/C24H27N3O2/c1-16-23(28)25(2)21-12-11-18(15-22(21)27(16)19-8-4-5-9-19)24(29)26-14-13-17-7-3-6-10-20(17)26/h3,6-7,10-12,15-16,19H,4-5,8-9,13-14H2,1-2H3. The van der Waals surface area contributed by atoms with E-state index in [4.69, 9.17) is 0 Å². The summed E-state index contributed by atoms with van der Waals surface area (Å²) in [5.41, 5.74) is 4.86. The zero-order valence-corrected chi connectivity index (χ0v) is 17.1. The lowest BCUT2D eigenvalue weighted by atomic mass is 10.0. The van der Waals surface area contributed by atoms with E-state index in [0.717, 1.165) is 42.9 Å². The summed E-state index contributed by atoms with van der Waals surface area (Å²) in [7, 11) is 1.84. The Morgan fingerprint density at radius 2 is 1.76 bits per heavy atom. The molecule has 150 valence electrons. The van der Waals surface area contributed by atoms with Gasteiger partial charge in [-0.25, -0.2) is 0 Å².